The normalized spacial score (nSPS) is 22.3. The first-order valence-corrected chi connectivity index (χ1v) is 8.76. The van der Waals surface area contributed by atoms with Crippen LogP contribution in [-0.2, 0) is 9.53 Å². The van der Waals surface area contributed by atoms with Gasteiger partial charge >= 0.3 is 0 Å². The van der Waals surface area contributed by atoms with Crippen molar-refractivity contribution >= 4 is 6.29 Å². The number of methoxy groups -OCH3 is 2. The zero-order chi connectivity index (χ0) is 17.6. The quantitative estimate of drug-likeness (QED) is 0.501. The fourth-order valence-corrected chi connectivity index (χ4v) is 3.87. The molecule has 0 aliphatic heterocycles. The van der Waals surface area contributed by atoms with Gasteiger partial charge in [-0.05, 0) is 47.8 Å². The predicted molar refractivity (Wildman–Crippen MR) is 94.9 cm³/mol. The lowest BCUT2D eigenvalue weighted by Crippen LogP contribution is -2.21. The second kappa shape index (κ2) is 8.52. The van der Waals surface area contributed by atoms with Crippen molar-refractivity contribution in [3.05, 3.63) is 23.8 Å². The van der Waals surface area contributed by atoms with E-state index in [1.165, 1.54) is 5.56 Å². The highest BCUT2D eigenvalue weighted by atomic mass is 16.5. The van der Waals surface area contributed by atoms with Crippen molar-refractivity contribution in [2.75, 3.05) is 27.4 Å². The average Bonchev–Trinajstić information content (AvgIpc) is 2.87. The van der Waals surface area contributed by atoms with E-state index < -0.39 is 0 Å². The van der Waals surface area contributed by atoms with Crippen LogP contribution < -0.4 is 9.47 Å². The summed E-state index contributed by atoms with van der Waals surface area (Å²) in [6.45, 7) is 5.82. The molecule has 4 nitrogen and oxygen atoms in total. The Morgan fingerprint density at radius 1 is 1.21 bits per heavy atom. The van der Waals surface area contributed by atoms with Crippen LogP contribution in [0.1, 0.15) is 51.0 Å². The van der Waals surface area contributed by atoms with E-state index in [1.807, 2.05) is 6.07 Å². The van der Waals surface area contributed by atoms with Gasteiger partial charge in [-0.2, -0.15) is 0 Å². The fourth-order valence-electron chi connectivity index (χ4n) is 3.87. The molecule has 1 aliphatic carbocycles. The molecule has 1 fully saturated rings. The Morgan fingerprint density at radius 3 is 2.67 bits per heavy atom. The van der Waals surface area contributed by atoms with Gasteiger partial charge in [-0.3, -0.25) is 0 Å². The van der Waals surface area contributed by atoms with Crippen molar-refractivity contribution in [2.45, 2.75) is 45.4 Å². The molecule has 0 spiro atoms. The molecule has 0 saturated heterocycles. The molecule has 1 saturated carbocycles. The van der Waals surface area contributed by atoms with Crippen LogP contribution in [0.2, 0.25) is 0 Å². The van der Waals surface area contributed by atoms with Crippen LogP contribution in [0.3, 0.4) is 0 Å². The molecular formula is C20H30O4. The van der Waals surface area contributed by atoms with E-state index in [4.69, 9.17) is 14.2 Å². The van der Waals surface area contributed by atoms with Gasteiger partial charge in [0.25, 0.3) is 0 Å². The van der Waals surface area contributed by atoms with Gasteiger partial charge in [-0.25, -0.2) is 0 Å². The number of aldehydes is 1. The molecule has 2 rings (SSSR count). The van der Waals surface area contributed by atoms with Crippen LogP contribution >= 0.6 is 0 Å². The maximum atomic E-state index is 11.1. The largest absolute Gasteiger partial charge is 0.493 e. The second-order valence-corrected chi connectivity index (χ2v) is 7.25. The minimum atomic E-state index is 0.199. The third-order valence-electron chi connectivity index (χ3n) is 5.31. The lowest BCUT2D eigenvalue weighted by molar-refractivity contribution is -0.109. The first-order valence-electron chi connectivity index (χ1n) is 8.76. The average molecular weight is 334 g/mol. The summed E-state index contributed by atoms with van der Waals surface area (Å²) in [7, 11) is 3.35. The van der Waals surface area contributed by atoms with E-state index in [-0.39, 0.29) is 5.41 Å². The van der Waals surface area contributed by atoms with Crippen molar-refractivity contribution in [2.24, 2.45) is 11.3 Å². The Morgan fingerprint density at radius 2 is 2.00 bits per heavy atom. The lowest BCUT2D eigenvalue weighted by atomic mass is 9.75. The van der Waals surface area contributed by atoms with E-state index in [2.05, 4.69) is 26.0 Å². The van der Waals surface area contributed by atoms with Crippen LogP contribution in [0.25, 0.3) is 0 Å². The van der Waals surface area contributed by atoms with Crippen molar-refractivity contribution in [3.8, 4) is 11.5 Å². The number of benzene rings is 1. The van der Waals surface area contributed by atoms with E-state index in [0.717, 1.165) is 37.0 Å². The zero-order valence-corrected chi connectivity index (χ0v) is 15.3. The molecule has 0 heterocycles. The van der Waals surface area contributed by atoms with Crippen molar-refractivity contribution in [1.82, 2.24) is 0 Å². The highest BCUT2D eigenvalue weighted by Gasteiger charge is 2.42. The molecule has 4 heteroatoms. The summed E-state index contributed by atoms with van der Waals surface area (Å²) in [6, 6.07) is 6.19. The van der Waals surface area contributed by atoms with E-state index >= 15 is 0 Å². The van der Waals surface area contributed by atoms with Crippen LogP contribution in [0.4, 0.5) is 0 Å². The summed E-state index contributed by atoms with van der Waals surface area (Å²) < 4.78 is 16.4. The molecule has 0 N–H and O–H groups in total. The van der Waals surface area contributed by atoms with E-state index in [1.54, 1.807) is 14.2 Å². The molecule has 2 atom stereocenters. The number of carbonyl (C=O) groups excluding carboxylic acids is 1. The molecule has 0 bridgehead atoms. The highest BCUT2D eigenvalue weighted by Crippen LogP contribution is 2.53. The minimum Gasteiger partial charge on any atom is -0.493 e. The molecule has 1 aliphatic rings. The van der Waals surface area contributed by atoms with Gasteiger partial charge in [-0.15, -0.1) is 0 Å². The summed E-state index contributed by atoms with van der Waals surface area (Å²) in [5.41, 5.74) is 1.44. The number of rotatable bonds is 9. The summed E-state index contributed by atoms with van der Waals surface area (Å²) >= 11 is 0. The Labute approximate surface area is 145 Å². The Bertz CT molecular complexity index is 538. The smallest absolute Gasteiger partial charge is 0.161 e. The first-order chi connectivity index (χ1) is 11.5. The van der Waals surface area contributed by atoms with Crippen molar-refractivity contribution in [1.29, 1.82) is 0 Å². The maximum absolute atomic E-state index is 11.1. The first kappa shape index (κ1) is 18.8. The maximum Gasteiger partial charge on any atom is 0.161 e. The third kappa shape index (κ3) is 4.29. The predicted octanol–water partition coefficient (Wildman–Crippen LogP) is 4.22. The van der Waals surface area contributed by atoms with E-state index in [0.29, 0.717) is 31.5 Å². The lowest BCUT2D eigenvalue weighted by Gasteiger charge is -2.29. The standard InChI is InChI=1S/C20H30O4/c1-20(2)10-8-16(17(20)9-11-21)15-6-7-18(23-4)19(14-15)24-13-5-12-22-3/h6-7,11,14,16-17H,5,8-10,12-13H2,1-4H3. The molecule has 2 unspecified atom stereocenters. The molecule has 0 radical (unpaired) electrons. The minimum absolute atomic E-state index is 0.199. The highest BCUT2D eigenvalue weighted by molar-refractivity contribution is 5.51. The third-order valence-corrected chi connectivity index (χ3v) is 5.31. The van der Waals surface area contributed by atoms with Crippen LogP contribution in [0.15, 0.2) is 18.2 Å². The van der Waals surface area contributed by atoms with Gasteiger partial charge < -0.3 is 19.0 Å². The number of hydrogen-bond acceptors (Lipinski definition) is 4. The van der Waals surface area contributed by atoms with Gasteiger partial charge in [0, 0.05) is 26.6 Å². The second-order valence-electron chi connectivity index (χ2n) is 7.25. The van der Waals surface area contributed by atoms with Gasteiger partial charge in [0.2, 0.25) is 0 Å². The molecule has 1 aromatic carbocycles. The molecule has 134 valence electrons. The molecule has 0 aromatic heterocycles. The molecule has 24 heavy (non-hydrogen) atoms. The van der Waals surface area contributed by atoms with Crippen molar-refractivity contribution in [3.63, 3.8) is 0 Å². The summed E-state index contributed by atoms with van der Waals surface area (Å²) in [6.07, 6.45) is 4.78. The van der Waals surface area contributed by atoms with Gasteiger partial charge in [0.1, 0.15) is 6.29 Å². The Hall–Kier alpha value is -1.55. The summed E-state index contributed by atoms with van der Waals surface area (Å²) in [5.74, 6) is 2.31. The number of carbonyl (C=O) groups is 1. The SMILES string of the molecule is COCCCOc1cc(C2CCC(C)(C)C2CC=O)ccc1OC. The zero-order valence-electron chi connectivity index (χ0n) is 15.3. The van der Waals surface area contributed by atoms with Crippen LogP contribution in [-0.4, -0.2) is 33.7 Å². The molecular weight excluding hydrogens is 304 g/mol. The van der Waals surface area contributed by atoms with Crippen LogP contribution in [0.5, 0.6) is 11.5 Å². The Kier molecular flexibility index (Phi) is 6.67. The Balaban J connectivity index is 2.19. The molecule has 0 amide bonds. The van der Waals surface area contributed by atoms with Crippen molar-refractivity contribution < 1.29 is 19.0 Å². The number of hydrogen-bond donors (Lipinski definition) is 0. The van der Waals surface area contributed by atoms with E-state index in [9.17, 15) is 4.79 Å². The van der Waals surface area contributed by atoms with Gasteiger partial charge in [0.15, 0.2) is 11.5 Å². The number of ether oxygens (including phenoxy) is 3. The summed E-state index contributed by atoms with van der Waals surface area (Å²) in [5, 5.41) is 0. The van der Waals surface area contributed by atoms with Gasteiger partial charge in [0.05, 0.1) is 13.7 Å². The van der Waals surface area contributed by atoms with Crippen LogP contribution in [0, 0.1) is 11.3 Å². The molecule has 1 aromatic rings. The summed E-state index contributed by atoms with van der Waals surface area (Å²) in [4.78, 5) is 11.1. The topological polar surface area (TPSA) is 44.8 Å². The fraction of sp³-hybridized carbons (Fsp3) is 0.650. The monoisotopic (exact) mass is 334 g/mol. The van der Waals surface area contributed by atoms with Gasteiger partial charge in [-0.1, -0.05) is 19.9 Å².